The number of likely N-dealkylation sites (tertiary alicyclic amines) is 1. The van der Waals surface area contributed by atoms with Gasteiger partial charge in [-0.05, 0) is 32.8 Å². The summed E-state index contributed by atoms with van der Waals surface area (Å²) in [7, 11) is 0. The lowest BCUT2D eigenvalue weighted by atomic mass is 10.1. The lowest BCUT2D eigenvalue weighted by molar-refractivity contribution is -0.136. The fourth-order valence-corrected chi connectivity index (χ4v) is 3.88. The first-order chi connectivity index (χ1) is 12.1. The molecule has 6 nitrogen and oxygen atoms in total. The van der Waals surface area contributed by atoms with Gasteiger partial charge in [0, 0.05) is 51.2 Å². The molecule has 0 spiro atoms. The van der Waals surface area contributed by atoms with Gasteiger partial charge in [-0.1, -0.05) is 12.8 Å². The lowest BCUT2D eigenvalue weighted by Crippen LogP contribution is -2.55. The molecule has 3 rings (SSSR count). The van der Waals surface area contributed by atoms with Crippen LogP contribution in [0.25, 0.3) is 0 Å². The fraction of sp³-hybridized carbons (Fsp3) is 0.684. The highest BCUT2D eigenvalue weighted by Gasteiger charge is 2.30. The third-order valence-electron chi connectivity index (χ3n) is 5.61. The SMILES string of the molecule is Cc1[nH]ccc1C(=O)N1CCN([C@H](C)C(=O)N2CCCCCC2)CC1. The average Bonchev–Trinajstić information content (AvgIpc) is 2.89. The normalized spacial score (nSPS) is 21.0. The molecular weight excluding hydrogens is 316 g/mol. The van der Waals surface area contributed by atoms with Crippen molar-refractivity contribution in [2.75, 3.05) is 39.3 Å². The molecule has 1 aromatic rings. The molecule has 2 saturated heterocycles. The summed E-state index contributed by atoms with van der Waals surface area (Å²) in [6, 6.07) is 1.75. The van der Waals surface area contributed by atoms with Crippen LogP contribution in [-0.2, 0) is 4.79 Å². The number of hydrogen-bond donors (Lipinski definition) is 1. The molecule has 2 amide bonds. The zero-order valence-electron chi connectivity index (χ0n) is 15.5. The van der Waals surface area contributed by atoms with Gasteiger partial charge < -0.3 is 14.8 Å². The quantitative estimate of drug-likeness (QED) is 0.909. The number of aromatic nitrogens is 1. The molecule has 1 atom stereocenters. The van der Waals surface area contributed by atoms with Gasteiger partial charge in [-0.2, -0.15) is 0 Å². The molecule has 0 aromatic carbocycles. The van der Waals surface area contributed by atoms with Crippen molar-refractivity contribution in [2.45, 2.75) is 45.6 Å². The van der Waals surface area contributed by atoms with E-state index in [2.05, 4.69) is 9.88 Å². The van der Waals surface area contributed by atoms with Crippen molar-refractivity contribution in [3.05, 3.63) is 23.5 Å². The Morgan fingerprint density at radius 3 is 2.16 bits per heavy atom. The van der Waals surface area contributed by atoms with Gasteiger partial charge in [0.1, 0.15) is 0 Å². The summed E-state index contributed by atoms with van der Waals surface area (Å²) in [6.07, 6.45) is 6.52. The molecule has 138 valence electrons. The summed E-state index contributed by atoms with van der Waals surface area (Å²) in [5.74, 6) is 0.341. The van der Waals surface area contributed by atoms with Crippen LogP contribution < -0.4 is 0 Å². The molecule has 2 aliphatic rings. The van der Waals surface area contributed by atoms with Crippen LogP contribution in [0.3, 0.4) is 0 Å². The molecule has 3 heterocycles. The molecule has 0 saturated carbocycles. The number of H-pyrrole nitrogens is 1. The molecule has 0 bridgehead atoms. The summed E-state index contributed by atoms with van der Waals surface area (Å²) in [5, 5.41) is 0. The van der Waals surface area contributed by atoms with Gasteiger partial charge in [0.15, 0.2) is 0 Å². The minimum atomic E-state index is -0.0932. The Labute approximate surface area is 150 Å². The molecule has 6 heteroatoms. The summed E-state index contributed by atoms with van der Waals surface area (Å²) in [4.78, 5) is 34.6. The van der Waals surface area contributed by atoms with Crippen molar-refractivity contribution >= 4 is 11.8 Å². The van der Waals surface area contributed by atoms with Crippen LogP contribution >= 0.6 is 0 Å². The van der Waals surface area contributed by atoms with Gasteiger partial charge in [0.05, 0.1) is 11.6 Å². The zero-order chi connectivity index (χ0) is 17.8. The third kappa shape index (κ3) is 4.06. The molecule has 0 aliphatic carbocycles. The van der Waals surface area contributed by atoms with E-state index in [1.807, 2.05) is 29.7 Å². The second kappa shape index (κ2) is 8.04. The Kier molecular flexibility index (Phi) is 5.78. The first-order valence-electron chi connectivity index (χ1n) is 9.54. The van der Waals surface area contributed by atoms with Gasteiger partial charge in [0.25, 0.3) is 5.91 Å². The van der Waals surface area contributed by atoms with E-state index in [-0.39, 0.29) is 17.9 Å². The van der Waals surface area contributed by atoms with Gasteiger partial charge in [-0.3, -0.25) is 14.5 Å². The topological polar surface area (TPSA) is 59.7 Å². The number of piperazine rings is 1. The van der Waals surface area contributed by atoms with Crippen LogP contribution in [-0.4, -0.2) is 76.8 Å². The van der Waals surface area contributed by atoms with Crippen LogP contribution in [0.2, 0.25) is 0 Å². The smallest absolute Gasteiger partial charge is 0.255 e. The number of aryl methyl sites for hydroxylation is 1. The number of nitrogens with one attached hydrogen (secondary N) is 1. The molecule has 2 aliphatic heterocycles. The molecule has 0 radical (unpaired) electrons. The number of nitrogens with zero attached hydrogens (tertiary/aromatic N) is 3. The molecule has 2 fully saturated rings. The minimum Gasteiger partial charge on any atom is -0.365 e. The second-order valence-corrected chi connectivity index (χ2v) is 7.26. The number of carbonyl (C=O) groups excluding carboxylic acids is 2. The van der Waals surface area contributed by atoms with Crippen molar-refractivity contribution < 1.29 is 9.59 Å². The Morgan fingerprint density at radius 1 is 0.960 bits per heavy atom. The maximum absolute atomic E-state index is 12.8. The Hall–Kier alpha value is -1.82. The van der Waals surface area contributed by atoms with Crippen molar-refractivity contribution in [2.24, 2.45) is 0 Å². The lowest BCUT2D eigenvalue weighted by Gasteiger charge is -2.39. The van der Waals surface area contributed by atoms with E-state index in [4.69, 9.17) is 0 Å². The van der Waals surface area contributed by atoms with Crippen molar-refractivity contribution in [3.8, 4) is 0 Å². The van der Waals surface area contributed by atoms with Crippen LogP contribution in [0, 0.1) is 6.92 Å². The van der Waals surface area contributed by atoms with Crippen LogP contribution in [0.4, 0.5) is 0 Å². The number of aromatic amines is 1. The van der Waals surface area contributed by atoms with Crippen molar-refractivity contribution in [1.29, 1.82) is 0 Å². The van der Waals surface area contributed by atoms with Crippen molar-refractivity contribution in [3.63, 3.8) is 0 Å². The molecular formula is C19H30N4O2. The highest BCUT2D eigenvalue weighted by Crippen LogP contribution is 2.16. The van der Waals surface area contributed by atoms with E-state index < -0.39 is 0 Å². The third-order valence-corrected chi connectivity index (χ3v) is 5.61. The van der Waals surface area contributed by atoms with Crippen molar-refractivity contribution in [1.82, 2.24) is 19.7 Å². The van der Waals surface area contributed by atoms with E-state index in [1.165, 1.54) is 12.8 Å². The van der Waals surface area contributed by atoms with E-state index in [0.29, 0.717) is 13.1 Å². The maximum atomic E-state index is 12.8. The number of carbonyl (C=O) groups is 2. The van der Waals surface area contributed by atoms with Gasteiger partial charge in [-0.15, -0.1) is 0 Å². The van der Waals surface area contributed by atoms with E-state index >= 15 is 0 Å². The Bertz CT molecular complexity index is 596. The Morgan fingerprint density at radius 2 is 1.60 bits per heavy atom. The van der Waals surface area contributed by atoms with Gasteiger partial charge >= 0.3 is 0 Å². The van der Waals surface area contributed by atoms with Gasteiger partial charge in [-0.25, -0.2) is 0 Å². The molecule has 1 N–H and O–H groups in total. The fourth-order valence-electron chi connectivity index (χ4n) is 3.88. The van der Waals surface area contributed by atoms with Crippen LogP contribution in [0.5, 0.6) is 0 Å². The summed E-state index contributed by atoms with van der Waals surface area (Å²) >= 11 is 0. The largest absolute Gasteiger partial charge is 0.365 e. The monoisotopic (exact) mass is 346 g/mol. The number of hydrogen-bond acceptors (Lipinski definition) is 3. The maximum Gasteiger partial charge on any atom is 0.255 e. The number of amides is 2. The molecule has 0 unspecified atom stereocenters. The minimum absolute atomic E-state index is 0.0879. The predicted octanol–water partition coefficient (Wildman–Crippen LogP) is 1.87. The standard InChI is InChI=1S/C19H30N4O2/c1-15-17(7-8-20-15)19(25)23-13-11-21(12-14-23)16(2)18(24)22-9-5-3-4-6-10-22/h7-8,16,20H,3-6,9-14H2,1-2H3/t16-/m1/s1. The highest BCUT2D eigenvalue weighted by molar-refractivity contribution is 5.95. The van der Waals surface area contributed by atoms with E-state index in [1.54, 1.807) is 6.20 Å². The van der Waals surface area contributed by atoms with E-state index in [9.17, 15) is 9.59 Å². The Balaban J connectivity index is 1.53. The summed E-state index contributed by atoms with van der Waals surface area (Å²) in [5.41, 5.74) is 1.67. The second-order valence-electron chi connectivity index (χ2n) is 7.26. The molecule has 25 heavy (non-hydrogen) atoms. The zero-order valence-corrected chi connectivity index (χ0v) is 15.5. The van der Waals surface area contributed by atoms with Crippen LogP contribution in [0.1, 0.15) is 48.7 Å². The first kappa shape index (κ1) is 18.0. The first-order valence-corrected chi connectivity index (χ1v) is 9.54. The van der Waals surface area contributed by atoms with E-state index in [0.717, 1.165) is 50.3 Å². The summed E-state index contributed by atoms with van der Waals surface area (Å²) < 4.78 is 0. The number of rotatable bonds is 3. The average molecular weight is 346 g/mol. The van der Waals surface area contributed by atoms with Crippen LogP contribution in [0.15, 0.2) is 12.3 Å². The van der Waals surface area contributed by atoms with Gasteiger partial charge in [0.2, 0.25) is 5.91 Å². The molecule has 1 aromatic heterocycles. The predicted molar refractivity (Wildman–Crippen MR) is 97.5 cm³/mol. The highest BCUT2D eigenvalue weighted by atomic mass is 16.2. The summed E-state index contributed by atoms with van der Waals surface area (Å²) in [6.45, 7) is 8.61.